The van der Waals surface area contributed by atoms with Crippen LogP contribution in [0.3, 0.4) is 0 Å². The highest BCUT2D eigenvalue weighted by atomic mass is 35.5. The molecule has 1 atom stereocenters. The van der Waals surface area contributed by atoms with Gasteiger partial charge in [-0.2, -0.15) is 0 Å². The lowest BCUT2D eigenvalue weighted by Gasteiger charge is -2.03. The Morgan fingerprint density at radius 1 is 1.89 bits per heavy atom. The van der Waals surface area contributed by atoms with E-state index in [2.05, 4.69) is 10.9 Å². The SMILES string of the molecule is CC1=CNNC1C(=O)Cl. The Hall–Kier alpha value is -0.540. The van der Waals surface area contributed by atoms with E-state index in [-0.39, 0.29) is 11.3 Å². The Morgan fingerprint density at radius 2 is 2.56 bits per heavy atom. The number of carbonyl (C=O) groups is 1. The van der Waals surface area contributed by atoms with Crippen LogP contribution in [0.1, 0.15) is 6.92 Å². The van der Waals surface area contributed by atoms with Crippen LogP contribution >= 0.6 is 11.6 Å². The van der Waals surface area contributed by atoms with E-state index in [1.165, 1.54) is 0 Å². The van der Waals surface area contributed by atoms with Crippen LogP contribution in [0.5, 0.6) is 0 Å². The zero-order valence-corrected chi connectivity index (χ0v) is 5.70. The quantitative estimate of drug-likeness (QED) is 0.517. The Kier molecular flexibility index (Phi) is 1.73. The monoisotopic (exact) mass is 146 g/mol. The van der Waals surface area contributed by atoms with Crippen molar-refractivity contribution in [3.05, 3.63) is 11.8 Å². The highest BCUT2D eigenvalue weighted by molar-refractivity contribution is 6.65. The maximum absolute atomic E-state index is 10.5. The molecule has 0 saturated heterocycles. The molecule has 0 aliphatic carbocycles. The average molecular weight is 147 g/mol. The molecule has 50 valence electrons. The predicted octanol–water partition coefficient (Wildman–Crippen LogP) is 0.132. The number of rotatable bonds is 1. The van der Waals surface area contributed by atoms with Gasteiger partial charge in [0.1, 0.15) is 6.04 Å². The molecule has 1 rings (SSSR count). The summed E-state index contributed by atoms with van der Waals surface area (Å²) in [6.07, 6.45) is 1.71. The molecule has 1 unspecified atom stereocenters. The molecule has 9 heavy (non-hydrogen) atoms. The van der Waals surface area contributed by atoms with Crippen molar-refractivity contribution in [1.29, 1.82) is 0 Å². The van der Waals surface area contributed by atoms with E-state index >= 15 is 0 Å². The molecule has 0 fully saturated rings. The largest absolute Gasteiger partial charge is 0.328 e. The smallest absolute Gasteiger partial charge is 0.244 e. The van der Waals surface area contributed by atoms with Gasteiger partial charge in [0.2, 0.25) is 5.24 Å². The Morgan fingerprint density at radius 3 is 2.78 bits per heavy atom. The normalized spacial score (nSPS) is 25.1. The molecule has 1 aliphatic rings. The van der Waals surface area contributed by atoms with Crippen LogP contribution in [-0.4, -0.2) is 11.3 Å². The molecule has 0 amide bonds. The first kappa shape index (κ1) is 6.58. The molecule has 0 aromatic rings. The Labute approximate surface area is 58.0 Å². The summed E-state index contributed by atoms with van der Waals surface area (Å²) < 4.78 is 0. The first-order valence-electron chi connectivity index (χ1n) is 2.59. The van der Waals surface area contributed by atoms with Crippen molar-refractivity contribution in [2.24, 2.45) is 0 Å². The summed E-state index contributed by atoms with van der Waals surface area (Å²) in [5.74, 6) is 0. The van der Waals surface area contributed by atoms with Gasteiger partial charge < -0.3 is 5.43 Å². The minimum atomic E-state index is -0.381. The van der Waals surface area contributed by atoms with Crippen molar-refractivity contribution in [2.45, 2.75) is 13.0 Å². The molecule has 0 bridgehead atoms. The van der Waals surface area contributed by atoms with Crippen LogP contribution in [0.25, 0.3) is 0 Å². The fraction of sp³-hybridized carbons (Fsp3) is 0.400. The number of carbonyl (C=O) groups excluding carboxylic acids is 1. The fourth-order valence-corrected chi connectivity index (χ4v) is 0.898. The van der Waals surface area contributed by atoms with E-state index in [9.17, 15) is 4.79 Å². The van der Waals surface area contributed by atoms with E-state index in [1.54, 1.807) is 6.20 Å². The van der Waals surface area contributed by atoms with Crippen molar-refractivity contribution >= 4 is 16.8 Å². The van der Waals surface area contributed by atoms with E-state index in [0.29, 0.717) is 0 Å². The van der Waals surface area contributed by atoms with Crippen LogP contribution in [0.4, 0.5) is 0 Å². The van der Waals surface area contributed by atoms with Crippen molar-refractivity contribution < 1.29 is 4.79 Å². The Bertz CT molecular complexity index is 166. The molecule has 0 aromatic carbocycles. The van der Waals surface area contributed by atoms with Gasteiger partial charge in [0.25, 0.3) is 0 Å². The van der Waals surface area contributed by atoms with Gasteiger partial charge in [-0.15, -0.1) is 0 Å². The summed E-state index contributed by atoms with van der Waals surface area (Å²) in [7, 11) is 0. The second-order valence-corrected chi connectivity index (χ2v) is 2.29. The third-order valence-corrected chi connectivity index (χ3v) is 1.43. The fourth-order valence-electron chi connectivity index (χ4n) is 0.672. The van der Waals surface area contributed by atoms with Crippen molar-refractivity contribution in [2.75, 3.05) is 0 Å². The molecule has 0 aromatic heterocycles. The summed E-state index contributed by atoms with van der Waals surface area (Å²) >= 11 is 5.20. The van der Waals surface area contributed by atoms with Crippen LogP contribution < -0.4 is 10.9 Å². The maximum Gasteiger partial charge on any atom is 0.244 e. The minimum Gasteiger partial charge on any atom is -0.328 e. The third kappa shape index (κ3) is 1.23. The summed E-state index contributed by atoms with van der Waals surface area (Å²) in [5.41, 5.74) is 6.28. The zero-order valence-electron chi connectivity index (χ0n) is 4.94. The van der Waals surface area contributed by atoms with Crippen molar-refractivity contribution in [3.8, 4) is 0 Å². The summed E-state index contributed by atoms with van der Waals surface area (Å²) in [6.45, 7) is 1.83. The lowest BCUT2D eigenvalue weighted by atomic mass is 10.2. The highest BCUT2D eigenvalue weighted by Gasteiger charge is 2.20. The summed E-state index contributed by atoms with van der Waals surface area (Å²) in [5, 5.41) is -0.381. The number of halogens is 1. The van der Waals surface area contributed by atoms with Gasteiger partial charge in [-0.1, -0.05) is 0 Å². The molecule has 0 spiro atoms. The van der Waals surface area contributed by atoms with Gasteiger partial charge in [0.05, 0.1) is 0 Å². The molecular formula is C5H7ClN2O. The van der Waals surface area contributed by atoms with E-state index < -0.39 is 0 Å². The van der Waals surface area contributed by atoms with Gasteiger partial charge >= 0.3 is 0 Å². The van der Waals surface area contributed by atoms with Crippen LogP contribution in [0.2, 0.25) is 0 Å². The molecule has 0 radical (unpaired) electrons. The van der Waals surface area contributed by atoms with Gasteiger partial charge in [-0.3, -0.25) is 4.79 Å². The maximum atomic E-state index is 10.5. The van der Waals surface area contributed by atoms with Gasteiger partial charge in [-0.05, 0) is 24.1 Å². The predicted molar refractivity (Wildman–Crippen MR) is 34.7 cm³/mol. The standard InChI is InChI=1S/C5H7ClN2O/c1-3-2-7-8-4(3)5(6)9/h2,4,7-8H,1H3. The molecule has 2 N–H and O–H groups in total. The Balaban J connectivity index is 2.63. The summed E-state index contributed by atoms with van der Waals surface area (Å²) in [4.78, 5) is 10.5. The zero-order chi connectivity index (χ0) is 6.85. The van der Waals surface area contributed by atoms with Gasteiger partial charge in [-0.25, -0.2) is 5.43 Å². The number of nitrogens with one attached hydrogen (secondary N) is 2. The molecule has 3 nitrogen and oxygen atoms in total. The second-order valence-electron chi connectivity index (χ2n) is 1.91. The number of hydrogen-bond donors (Lipinski definition) is 2. The molecule has 0 saturated carbocycles. The van der Waals surface area contributed by atoms with Crippen LogP contribution in [0.15, 0.2) is 11.8 Å². The molecule has 1 aliphatic heterocycles. The minimum absolute atomic E-state index is 0.341. The first-order chi connectivity index (χ1) is 4.22. The highest BCUT2D eigenvalue weighted by Crippen LogP contribution is 2.06. The lowest BCUT2D eigenvalue weighted by Crippen LogP contribution is -2.35. The van der Waals surface area contributed by atoms with E-state index in [0.717, 1.165) is 5.57 Å². The summed E-state index contributed by atoms with van der Waals surface area (Å²) in [6, 6.07) is -0.341. The lowest BCUT2D eigenvalue weighted by molar-refractivity contribution is -0.112. The van der Waals surface area contributed by atoms with Crippen LogP contribution in [-0.2, 0) is 4.79 Å². The van der Waals surface area contributed by atoms with Gasteiger partial charge in [0.15, 0.2) is 0 Å². The molecule has 1 heterocycles. The first-order valence-corrected chi connectivity index (χ1v) is 2.96. The molecule has 4 heteroatoms. The van der Waals surface area contributed by atoms with E-state index in [4.69, 9.17) is 11.6 Å². The second kappa shape index (κ2) is 2.37. The van der Waals surface area contributed by atoms with Crippen LogP contribution in [0, 0.1) is 0 Å². The average Bonchev–Trinajstić information content (AvgIpc) is 2.13. The third-order valence-electron chi connectivity index (χ3n) is 1.21. The van der Waals surface area contributed by atoms with E-state index in [1.807, 2.05) is 6.92 Å². The topological polar surface area (TPSA) is 41.1 Å². The van der Waals surface area contributed by atoms with Crippen molar-refractivity contribution in [3.63, 3.8) is 0 Å². The van der Waals surface area contributed by atoms with Crippen molar-refractivity contribution in [1.82, 2.24) is 10.9 Å². The number of hydrazine groups is 1. The number of hydrogen-bond acceptors (Lipinski definition) is 3. The van der Waals surface area contributed by atoms with Gasteiger partial charge in [0, 0.05) is 6.20 Å². The molecular weight excluding hydrogens is 140 g/mol.